The Balaban J connectivity index is 2.99. The maximum Gasteiger partial charge on any atom is 0.350 e. The summed E-state index contributed by atoms with van der Waals surface area (Å²) in [5.41, 5.74) is 0.0182. The average Bonchev–Trinajstić information content (AvgIpc) is 2.48. The minimum absolute atomic E-state index is 0.132. The number of nitrogens with one attached hydrogen (secondary N) is 1. The third-order valence-electron chi connectivity index (χ3n) is 2.38. The highest BCUT2D eigenvalue weighted by atomic mass is 16.6. The molecule has 0 heterocycles. The van der Waals surface area contributed by atoms with Crippen LogP contribution in [0.15, 0.2) is 30.0 Å². The maximum absolute atomic E-state index is 11.4. The molecule has 0 spiro atoms. The van der Waals surface area contributed by atoms with Crippen LogP contribution in [0.1, 0.15) is 6.92 Å². The van der Waals surface area contributed by atoms with Crippen LogP contribution >= 0.6 is 0 Å². The molecule has 8 heteroatoms. The van der Waals surface area contributed by atoms with Crippen LogP contribution in [0, 0.1) is 21.4 Å². The zero-order chi connectivity index (χ0) is 15.8. The molecule has 1 rings (SSSR count). The number of nitrogens with zero attached hydrogens (tertiary/aromatic N) is 2. The Morgan fingerprint density at radius 1 is 1.57 bits per heavy atom. The minimum Gasteiger partial charge on any atom is -0.494 e. The summed E-state index contributed by atoms with van der Waals surface area (Å²) in [6.07, 6.45) is 1.15. The third-order valence-corrected chi connectivity index (χ3v) is 2.38. The molecule has 8 nitrogen and oxygen atoms in total. The number of nitro benzene ring substituents is 1. The Morgan fingerprint density at radius 3 is 2.81 bits per heavy atom. The van der Waals surface area contributed by atoms with E-state index >= 15 is 0 Å². The third kappa shape index (κ3) is 4.21. The number of methoxy groups -OCH3 is 1. The van der Waals surface area contributed by atoms with E-state index in [0.29, 0.717) is 5.69 Å². The van der Waals surface area contributed by atoms with Gasteiger partial charge in [0.05, 0.1) is 30.4 Å². The van der Waals surface area contributed by atoms with Crippen LogP contribution in [0.3, 0.4) is 0 Å². The first-order chi connectivity index (χ1) is 10.0. The van der Waals surface area contributed by atoms with Crippen LogP contribution < -0.4 is 10.1 Å². The number of hydrogen-bond acceptors (Lipinski definition) is 7. The Kier molecular flexibility index (Phi) is 5.70. The second-order valence-corrected chi connectivity index (χ2v) is 3.68. The van der Waals surface area contributed by atoms with E-state index in [-0.39, 0.29) is 23.6 Å². The molecular formula is C13H13N3O5. The first kappa shape index (κ1) is 16.0. The number of carbonyl (C=O) groups excluding carboxylic acids is 1. The smallest absolute Gasteiger partial charge is 0.350 e. The molecule has 1 N–H and O–H groups in total. The normalized spacial score (nSPS) is 10.4. The van der Waals surface area contributed by atoms with Gasteiger partial charge in [-0.15, -0.1) is 0 Å². The topological polar surface area (TPSA) is 114 Å². The standard InChI is InChI=1S/C13H13N3O5/c1-3-21-13(17)9(7-14)8-15-11-5-4-10(16(18)19)6-12(11)20-2/h4-6,8,15H,3H2,1-2H3. The molecule has 1 aromatic rings. The van der Waals surface area contributed by atoms with Gasteiger partial charge in [-0.1, -0.05) is 0 Å². The lowest BCUT2D eigenvalue weighted by atomic mass is 10.2. The molecule has 0 aliphatic heterocycles. The summed E-state index contributed by atoms with van der Waals surface area (Å²) in [4.78, 5) is 21.5. The number of nitro groups is 1. The van der Waals surface area contributed by atoms with E-state index < -0.39 is 10.9 Å². The van der Waals surface area contributed by atoms with E-state index in [1.54, 1.807) is 13.0 Å². The fraction of sp³-hybridized carbons (Fsp3) is 0.231. The molecule has 0 unspecified atom stereocenters. The Morgan fingerprint density at radius 2 is 2.29 bits per heavy atom. The van der Waals surface area contributed by atoms with Gasteiger partial charge in [-0.05, 0) is 13.0 Å². The van der Waals surface area contributed by atoms with Gasteiger partial charge < -0.3 is 14.8 Å². The lowest BCUT2D eigenvalue weighted by Gasteiger charge is -2.08. The Bertz CT molecular complexity index is 619. The van der Waals surface area contributed by atoms with E-state index in [2.05, 4.69) is 5.32 Å². The van der Waals surface area contributed by atoms with Gasteiger partial charge in [0, 0.05) is 12.3 Å². The van der Waals surface area contributed by atoms with Crippen LogP contribution in [-0.2, 0) is 9.53 Å². The number of carbonyl (C=O) groups is 1. The largest absolute Gasteiger partial charge is 0.494 e. The van der Waals surface area contributed by atoms with E-state index in [4.69, 9.17) is 14.7 Å². The molecule has 1 aromatic carbocycles. The molecule has 0 saturated heterocycles. The quantitative estimate of drug-likeness (QED) is 0.280. The van der Waals surface area contributed by atoms with E-state index in [9.17, 15) is 14.9 Å². The molecular weight excluding hydrogens is 278 g/mol. The highest BCUT2D eigenvalue weighted by Crippen LogP contribution is 2.29. The molecule has 0 amide bonds. The first-order valence-electron chi connectivity index (χ1n) is 5.89. The van der Waals surface area contributed by atoms with Crippen LogP contribution in [0.25, 0.3) is 0 Å². The summed E-state index contributed by atoms with van der Waals surface area (Å²) in [6, 6.07) is 5.61. The van der Waals surface area contributed by atoms with Gasteiger partial charge in [0.15, 0.2) is 5.57 Å². The highest BCUT2D eigenvalue weighted by molar-refractivity contribution is 5.93. The van der Waals surface area contributed by atoms with Crippen molar-refractivity contribution < 1.29 is 19.2 Å². The van der Waals surface area contributed by atoms with Crippen molar-refractivity contribution in [1.29, 1.82) is 5.26 Å². The Labute approximate surface area is 120 Å². The van der Waals surface area contributed by atoms with Crippen LogP contribution in [0.2, 0.25) is 0 Å². The maximum atomic E-state index is 11.4. The molecule has 0 aliphatic carbocycles. The second kappa shape index (κ2) is 7.49. The number of non-ortho nitro benzene ring substituents is 1. The fourth-order valence-corrected chi connectivity index (χ4v) is 1.41. The van der Waals surface area contributed by atoms with Gasteiger partial charge in [0.25, 0.3) is 5.69 Å². The van der Waals surface area contributed by atoms with Gasteiger partial charge in [-0.2, -0.15) is 5.26 Å². The van der Waals surface area contributed by atoms with Gasteiger partial charge in [0.2, 0.25) is 0 Å². The van der Waals surface area contributed by atoms with Crippen molar-refractivity contribution >= 4 is 17.3 Å². The summed E-state index contributed by atoms with van der Waals surface area (Å²) in [5, 5.41) is 22.2. The van der Waals surface area contributed by atoms with E-state index in [1.807, 2.05) is 0 Å². The number of rotatable bonds is 6. The van der Waals surface area contributed by atoms with Crippen molar-refractivity contribution in [2.24, 2.45) is 0 Å². The number of esters is 1. The van der Waals surface area contributed by atoms with Crippen molar-refractivity contribution in [3.63, 3.8) is 0 Å². The summed E-state index contributed by atoms with van der Waals surface area (Å²) < 4.78 is 9.71. The number of anilines is 1. The van der Waals surface area contributed by atoms with Crippen LogP contribution in [0.4, 0.5) is 11.4 Å². The van der Waals surface area contributed by atoms with Crippen molar-refractivity contribution in [2.45, 2.75) is 6.92 Å². The molecule has 0 bridgehead atoms. The van der Waals surface area contributed by atoms with Crippen molar-refractivity contribution in [2.75, 3.05) is 19.0 Å². The number of ether oxygens (including phenoxy) is 2. The molecule has 0 atom stereocenters. The van der Waals surface area contributed by atoms with E-state index in [0.717, 1.165) is 6.20 Å². The molecule has 110 valence electrons. The molecule has 0 fully saturated rings. The number of nitriles is 1. The number of hydrogen-bond donors (Lipinski definition) is 1. The van der Waals surface area contributed by atoms with Gasteiger partial charge in [-0.25, -0.2) is 4.79 Å². The molecule has 0 aliphatic rings. The predicted molar refractivity (Wildman–Crippen MR) is 73.6 cm³/mol. The monoisotopic (exact) mass is 291 g/mol. The summed E-state index contributed by atoms with van der Waals surface area (Å²) >= 11 is 0. The van der Waals surface area contributed by atoms with Crippen molar-refractivity contribution in [1.82, 2.24) is 0 Å². The summed E-state index contributed by atoms with van der Waals surface area (Å²) in [5.74, 6) is -0.546. The molecule has 0 aromatic heterocycles. The van der Waals surface area contributed by atoms with E-state index in [1.165, 1.54) is 25.3 Å². The summed E-state index contributed by atoms with van der Waals surface area (Å²) in [7, 11) is 1.35. The molecule has 0 radical (unpaired) electrons. The van der Waals surface area contributed by atoms with Crippen molar-refractivity contribution in [3.05, 3.63) is 40.1 Å². The predicted octanol–water partition coefficient (Wildman–Crippen LogP) is 1.99. The SMILES string of the molecule is CCOC(=O)C(C#N)=CNc1ccc([N+](=O)[O-])cc1OC. The molecule has 21 heavy (non-hydrogen) atoms. The fourth-order valence-electron chi connectivity index (χ4n) is 1.41. The number of benzene rings is 1. The first-order valence-corrected chi connectivity index (χ1v) is 5.89. The second-order valence-electron chi connectivity index (χ2n) is 3.68. The lowest BCUT2D eigenvalue weighted by Crippen LogP contribution is -2.08. The van der Waals surface area contributed by atoms with Gasteiger partial charge >= 0.3 is 5.97 Å². The minimum atomic E-state index is -0.756. The molecule has 0 saturated carbocycles. The lowest BCUT2D eigenvalue weighted by molar-refractivity contribution is -0.384. The zero-order valence-corrected chi connectivity index (χ0v) is 11.5. The van der Waals surface area contributed by atoms with Crippen molar-refractivity contribution in [3.8, 4) is 11.8 Å². The highest BCUT2D eigenvalue weighted by Gasteiger charge is 2.13. The average molecular weight is 291 g/mol. The van der Waals surface area contributed by atoms with Crippen LogP contribution in [-0.4, -0.2) is 24.6 Å². The van der Waals surface area contributed by atoms with Gasteiger partial charge in [-0.3, -0.25) is 10.1 Å². The van der Waals surface area contributed by atoms with Crippen LogP contribution in [0.5, 0.6) is 5.75 Å². The summed E-state index contributed by atoms with van der Waals surface area (Å²) in [6.45, 7) is 1.78. The Hall–Kier alpha value is -3.08. The van der Waals surface area contributed by atoms with Gasteiger partial charge in [0.1, 0.15) is 11.8 Å². The zero-order valence-electron chi connectivity index (χ0n) is 11.5.